The molecule has 2 atom stereocenters. The molecule has 130 valence electrons. The molecule has 1 rings (SSSR count). The number of hydrogen-bond acceptors (Lipinski definition) is 3. The first kappa shape index (κ1) is 20.1. The van der Waals surface area contributed by atoms with E-state index < -0.39 is 46.3 Å². The van der Waals surface area contributed by atoms with Gasteiger partial charge in [0, 0.05) is 16.4 Å². The molecule has 0 radical (unpaired) electrons. The number of carboxylic acids is 1. The Morgan fingerprint density at radius 3 is 2.35 bits per heavy atom. The van der Waals surface area contributed by atoms with Gasteiger partial charge >= 0.3 is 12.1 Å². The number of alkyl halides is 3. The van der Waals surface area contributed by atoms with E-state index in [1.807, 2.05) is 0 Å². The Morgan fingerprint density at radius 2 is 1.91 bits per heavy atom. The van der Waals surface area contributed by atoms with Crippen LogP contribution in [0.5, 0.6) is 0 Å². The van der Waals surface area contributed by atoms with Crippen LogP contribution in [0.4, 0.5) is 13.2 Å². The smallest absolute Gasteiger partial charge is 0.416 e. The van der Waals surface area contributed by atoms with Crippen molar-refractivity contribution in [2.75, 3.05) is 0 Å². The maximum Gasteiger partial charge on any atom is 0.416 e. The maximum atomic E-state index is 12.9. The van der Waals surface area contributed by atoms with Crippen molar-refractivity contribution in [2.24, 2.45) is 0 Å². The van der Waals surface area contributed by atoms with Gasteiger partial charge in [-0.15, -0.1) is 4.72 Å². The molecular formula is C14H17ClF3NO3S. The molecule has 0 saturated heterocycles. The van der Waals surface area contributed by atoms with Gasteiger partial charge in [0.1, 0.15) is 4.75 Å². The lowest BCUT2D eigenvalue weighted by molar-refractivity contribution is -0.138. The fourth-order valence-corrected chi connectivity index (χ4v) is 2.76. The van der Waals surface area contributed by atoms with Crippen LogP contribution < -0.4 is 4.72 Å². The number of carbonyl (C=O) groups is 1. The Morgan fingerprint density at radius 1 is 1.35 bits per heavy atom. The molecule has 1 aromatic carbocycles. The van der Waals surface area contributed by atoms with Crippen molar-refractivity contribution >= 4 is 28.9 Å². The number of halogens is 4. The van der Waals surface area contributed by atoms with Crippen molar-refractivity contribution in [1.29, 1.82) is 0 Å². The number of benzene rings is 1. The molecule has 0 saturated carbocycles. The van der Waals surface area contributed by atoms with E-state index in [0.29, 0.717) is 0 Å². The number of hydrogen-bond donors (Lipinski definition) is 2. The minimum Gasteiger partial charge on any atom is -0.598 e. The highest BCUT2D eigenvalue weighted by Gasteiger charge is 2.34. The lowest BCUT2D eigenvalue weighted by Crippen LogP contribution is -2.41. The van der Waals surface area contributed by atoms with Crippen molar-refractivity contribution < 1.29 is 27.6 Å². The van der Waals surface area contributed by atoms with Gasteiger partial charge in [-0.3, -0.25) is 4.79 Å². The van der Waals surface area contributed by atoms with Crippen molar-refractivity contribution in [3.05, 3.63) is 34.3 Å². The van der Waals surface area contributed by atoms with Crippen molar-refractivity contribution in [3.63, 3.8) is 0 Å². The second-order valence-corrected chi connectivity index (χ2v) is 8.35. The summed E-state index contributed by atoms with van der Waals surface area (Å²) in [5.41, 5.74) is -0.969. The standard InChI is InChI=1S/C14H17ClF3NO3S/c1-13(2,3)23(22)19-11(7-12(20)21)8-4-9(14(16,17)18)6-10(15)5-8/h4-6,11,19H,7H2,1-3H3,(H,20,21)/t11?,23-/m1/s1. The first-order valence-electron chi connectivity index (χ1n) is 6.58. The molecule has 0 aliphatic heterocycles. The largest absolute Gasteiger partial charge is 0.598 e. The van der Waals surface area contributed by atoms with Gasteiger partial charge in [0.15, 0.2) is 0 Å². The van der Waals surface area contributed by atoms with E-state index in [-0.39, 0.29) is 10.6 Å². The third-order valence-electron chi connectivity index (χ3n) is 2.83. The molecule has 23 heavy (non-hydrogen) atoms. The minimum atomic E-state index is -4.61. The second kappa shape index (κ2) is 7.29. The SMILES string of the molecule is CC(C)(C)[S@@+]([O-])NC(CC(=O)O)c1cc(Cl)cc(C(F)(F)F)c1. The van der Waals surface area contributed by atoms with Gasteiger partial charge in [-0.25, -0.2) is 0 Å². The Hall–Kier alpha value is -0.960. The molecule has 0 fully saturated rings. The van der Waals surface area contributed by atoms with Crippen LogP contribution in [0.3, 0.4) is 0 Å². The zero-order valence-electron chi connectivity index (χ0n) is 12.7. The average molecular weight is 372 g/mol. The third-order valence-corrected chi connectivity index (χ3v) is 4.66. The second-order valence-electron chi connectivity index (χ2n) is 5.92. The lowest BCUT2D eigenvalue weighted by Gasteiger charge is -2.28. The van der Waals surface area contributed by atoms with Crippen molar-refractivity contribution in [3.8, 4) is 0 Å². The summed E-state index contributed by atoms with van der Waals surface area (Å²) in [6.07, 6.45) is -5.14. The molecular weight excluding hydrogens is 355 g/mol. The van der Waals surface area contributed by atoms with Crippen LogP contribution in [0.1, 0.15) is 44.4 Å². The fourth-order valence-electron chi connectivity index (χ4n) is 1.69. The molecule has 0 spiro atoms. The molecule has 0 aliphatic rings. The highest BCUT2D eigenvalue weighted by molar-refractivity contribution is 7.90. The lowest BCUT2D eigenvalue weighted by atomic mass is 10.0. The number of nitrogens with one attached hydrogen (secondary N) is 1. The molecule has 2 N–H and O–H groups in total. The van der Waals surface area contributed by atoms with Crippen LogP contribution in [0.15, 0.2) is 18.2 Å². The summed E-state index contributed by atoms with van der Waals surface area (Å²) in [6.45, 7) is 4.98. The van der Waals surface area contributed by atoms with E-state index in [1.165, 1.54) is 6.07 Å². The normalized spacial score (nSPS) is 15.3. The molecule has 0 amide bonds. The van der Waals surface area contributed by atoms with Crippen molar-refractivity contribution in [2.45, 2.75) is 44.2 Å². The van der Waals surface area contributed by atoms with Gasteiger partial charge in [0.2, 0.25) is 0 Å². The Kier molecular flexibility index (Phi) is 6.37. The summed E-state index contributed by atoms with van der Waals surface area (Å²) >= 11 is 4.06. The number of aliphatic carboxylic acids is 1. The first-order valence-corrected chi connectivity index (χ1v) is 8.11. The molecule has 0 heterocycles. The predicted molar refractivity (Wildman–Crippen MR) is 82.5 cm³/mol. The van der Waals surface area contributed by atoms with E-state index in [2.05, 4.69) is 4.72 Å². The minimum absolute atomic E-state index is 0.0184. The quantitative estimate of drug-likeness (QED) is 0.769. The molecule has 0 bridgehead atoms. The number of carboxylic acid groups (broad SMARTS) is 1. The molecule has 9 heteroatoms. The van der Waals surface area contributed by atoms with Crippen molar-refractivity contribution in [1.82, 2.24) is 4.72 Å². The predicted octanol–water partition coefficient (Wildman–Crippen LogP) is 3.93. The van der Waals surface area contributed by atoms with E-state index in [0.717, 1.165) is 12.1 Å². The monoisotopic (exact) mass is 371 g/mol. The maximum absolute atomic E-state index is 12.9. The zero-order valence-corrected chi connectivity index (χ0v) is 14.3. The number of rotatable bonds is 5. The van der Waals surface area contributed by atoms with Gasteiger partial charge in [-0.05, 0) is 44.5 Å². The molecule has 1 unspecified atom stereocenters. The summed E-state index contributed by atoms with van der Waals surface area (Å²) in [5.74, 6) is -1.23. The van der Waals surface area contributed by atoms with E-state index in [9.17, 15) is 22.5 Å². The fraction of sp³-hybridized carbons (Fsp3) is 0.500. The van der Waals surface area contributed by atoms with Crippen LogP contribution in [0.25, 0.3) is 0 Å². The van der Waals surface area contributed by atoms with Crippen LogP contribution in [-0.4, -0.2) is 20.4 Å². The van der Waals surface area contributed by atoms with Gasteiger partial charge < -0.3 is 9.66 Å². The van der Waals surface area contributed by atoms with E-state index in [4.69, 9.17) is 16.7 Å². The highest BCUT2D eigenvalue weighted by Crippen LogP contribution is 2.34. The molecule has 0 aliphatic carbocycles. The zero-order chi connectivity index (χ0) is 18.0. The van der Waals surface area contributed by atoms with Crippen LogP contribution in [-0.2, 0) is 22.3 Å². The van der Waals surface area contributed by atoms with E-state index in [1.54, 1.807) is 20.8 Å². The van der Waals surface area contributed by atoms with Gasteiger partial charge in [-0.1, -0.05) is 11.6 Å². The van der Waals surface area contributed by atoms with Gasteiger partial charge in [-0.2, -0.15) is 13.2 Å². The molecule has 4 nitrogen and oxygen atoms in total. The van der Waals surface area contributed by atoms with Gasteiger partial charge in [0.25, 0.3) is 0 Å². The highest BCUT2D eigenvalue weighted by atomic mass is 35.5. The Bertz CT molecular complexity index is 575. The van der Waals surface area contributed by atoms with Crippen LogP contribution >= 0.6 is 11.6 Å². The summed E-state index contributed by atoms with van der Waals surface area (Å²) < 4.78 is 52.6. The summed E-state index contributed by atoms with van der Waals surface area (Å²) in [4.78, 5) is 11.0. The first-order chi connectivity index (χ1) is 10.3. The average Bonchev–Trinajstić information content (AvgIpc) is 2.34. The van der Waals surface area contributed by atoms with Gasteiger partial charge in [0.05, 0.1) is 18.0 Å². The summed E-state index contributed by atoms with van der Waals surface area (Å²) in [5, 5.41) is 8.79. The topological polar surface area (TPSA) is 72.4 Å². The summed E-state index contributed by atoms with van der Waals surface area (Å²) in [7, 11) is 0. The molecule has 1 aromatic rings. The van der Waals surface area contributed by atoms with Crippen LogP contribution in [0.2, 0.25) is 5.02 Å². The van der Waals surface area contributed by atoms with Crippen LogP contribution in [0, 0.1) is 0 Å². The Labute approximate surface area is 140 Å². The third kappa shape index (κ3) is 6.21. The molecule has 0 aromatic heterocycles. The Balaban J connectivity index is 3.22. The van der Waals surface area contributed by atoms with E-state index >= 15 is 0 Å². The summed E-state index contributed by atoms with van der Waals surface area (Å²) in [6, 6.07) is 1.74.